The van der Waals surface area contributed by atoms with Gasteiger partial charge in [-0.25, -0.2) is 0 Å². The molecule has 2 N–H and O–H groups in total. The smallest absolute Gasteiger partial charge is 0.295 e. The second-order valence-electron chi connectivity index (χ2n) is 8.29. The lowest BCUT2D eigenvalue weighted by Gasteiger charge is -2.09. The zero-order valence-electron chi connectivity index (χ0n) is 17.6. The molecule has 2 aliphatic rings. The van der Waals surface area contributed by atoms with Crippen molar-refractivity contribution in [1.82, 2.24) is 10.3 Å². The molecule has 5 rings (SSSR count). The summed E-state index contributed by atoms with van der Waals surface area (Å²) in [6.45, 7) is 4.27. The van der Waals surface area contributed by atoms with Gasteiger partial charge in [0.1, 0.15) is 17.0 Å². The Kier molecular flexibility index (Phi) is 7.20. The summed E-state index contributed by atoms with van der Waals surface area (Å²) in [4.78, 5) is 4.51. The Morgan fingerprint density at radius 1 is 1.03 bits per heavy atom. The van der Waals surface area contributed by atoms with E-state index in [1.807, 2.05) is 24.3 Å². The van der Waals surface area contributed by atoms with Crippen LogP contribution in [0.4, 0.5) is 6.01 Å². The summed E-state index contributed by atoms with van der Waals surface area (Å²) < 4.78 is 17.6. The van der Waals surface area contributed by atoms with Gasteiger partial charge in [0.2, 0.25) is 0 Å². The van der Waals surface area contributed by atoms with Gasteiger partial charge in [-0.1, -0.05) is 12.1 Å². The van der Waals surface area contributed by atoms with E-state index in [1.165, 1.54) is 24.8 Å². The van der Waals surface area contributed by atoms with Gasteiger partial charge in [-0.2, -0.15) is 4.98 Å². The second-order valence-corrected chi connectivity index (χ2v) is 8.29. The molecule has 0 spiro atoms. The molecule has 0 amide bonds. The van der Waals surface area contributed by atoms with Crippen LogP contribution in [0.15, 0.2) is 46.9 Å². The van der Waals surface area contributed by atoms with Crippen LogP contribution in [0.25, 0.3) is 11.1 Å². The summed E-state index contributed by atoms with van der Waals surface area (Å²) in [6.07, 6.45) is 4.63. The lowest BCUT2D eigenvalue weighted by Crippen LogP contribution is -2.17. The van der Waals surface area contributed by atoms with E-state index in [-0.39, 0.29) is 12.4 Å². The summed E-state index contributed by atoms with van der Waals surface area (Å²) in [5.74, 6) is 3.13. The number of oxazole rings is 1. The highest BCUT2D eigenvalue weighted by molar-refractivity contribution is 5.85. The summed E-state index contributed by atoms with van der Waals surface area (Å²) in [6, 6.07) is 14.8. The number of aromatic nitrogens is 1. The van der Waals surface area contributed by atoms with Crippen molar-refractivity contribution < 1.29 is 13.9 Å². The first-order valence-corrected chi connectivity index (χ1v) is 11.0. The van der Waals surface area contributed by atoms with Crippen molar-refractivity contribution in [1.29, 1.82) is 0 Å². The van der Waals surface area contributed by atoms with E-state index in [4.69, 9.17) is 13.9 Å². The van der Waals surface area contributed by atoms with E-state index in [9.17, 15) is 0 Å². The van der Waals surface area contributed by atoms with Gasteiger partial charge in [0, 0.05) is 19.0 Å². The molecule has 1 atom stereocenters. The molecule has 166 valence electrons. The molecule has 1 saturated carbocycles. The van der Waals surface area contributed by atoms with Gasteiger partial charge in [0.15, 0.2) is 5.58 Å². The van der Waals surface area contributed by atoms with Gasteiger partial charge in [-0.3, -0.25) is 0 Å². The fourth-order valence-corrected chi connectivity index (χ4v) is 3.90. The van der Waals surface area contributed by atoms with E-state index in [1.54, 1.807) is 0 Å². The lowest BCUT2D eigenvalue weighted by atomic mass is 10.1. The third-order valence-electron chi connectivity index (χ3n) is 5.80. The highest BCUT2D eigenvalue weighted by atomic mass is 35.5. The van der Waals surface area contributed by atoms with Gasteiger partial charge in [-0.15, -0.1) is 12.4 Å². The van der Waals surface area contributed by atoms with Crippen molar-refractivity contribution in [2.24, 2.45) is 5.92 Å². The van der Waals surface area contributed by atoms with E-state index in [2.05, 4.69) is 33.8 Å². The van der Waals surface area contributed by atoms with E-state index < -0.39 is 0 Å². The van der Waals surface area contributed by atoms with Gasteiger partial charge in [-0.05, 0) is 74.0 Å². The zero-order valence-corrected chi connectivity index (χ0v) is 18.5. The fourth-order valence-electron chi connectivity index (χ4n) is 3.90. The Hall–Kier alpha value is -2.44. The highest BCUT2D eigenvalue weighted by Crippen LogP contribution is 2.40. The lowest BCUT2D eigenvalue weighted by molar-refractivity contribution is 0.247. The molecule has 2 heterocycles. The minimum Gasteiger partial charge on any atom is -0.493 e. The first-order valence-electron chi connectivity index (χ1n) is 11.0. The van der Waals surface area contributed by atoms with Crippen molar-refractivity contribution in [3.05, 3.63) is 48.0 Å². The van der Waals surface area contributed by atoms with Gasteiger partial charge in [0.25, 0.3) is 6.01 Å². The maximum absolute atomic E-state index is 5.88. The Bertz CT molecular complexity index is 983. The number of rotatable bonds is 10. The summed E-state index contributed by atoms with van der Waals surface area (Å²) in [7, 11) is 0. The Morgan fingerprint density at radius 3 is 2.65 bits per heavy atom. The van der Waals surface area contributed by atoms with Gasteiger partial charge < -0.3 is 24.5 Å². The Balaban J connectivity index is 0.00000231. The first kappa shape index (κ1) is 21.8. The number of nitrogens with zero attached hydrogens (tertiary/aromatic N) is 1. The highest BCUT2D eigenvalue weighted by Gasteiger charge is 2.23. The van der Waals surface area contributed by atoms with Crippen molar-refractivity contribution in [3.63, 3.8) is 0 Å². The summed E-state index contributed by atoms with van der Waals surface area (Å²) in [5.41, 5.74) is 2.99. The maximum Gasteiger partial charge on any atom is 0.295 e. The van der Waals surface area contributed by atoms with Crippen LogP contribution >= 0.6 is 12.4 Å². The molecule has 1 saturated heterocycles. The fraction of sp³-hybridized carbons (Fsp3) is 0.458. The summed E-state index contributed by atoms with van der Waals surface area (Å²) in [5, 5.41) is 6.68. The third-order valence-corrected chi connectivity index (χ3v) is 5.80. The number of anilines is 1. The van der Waals surface area contributed by atoms with Crippen LogP contribution in [-0.4, -0.2) is 37.8 Å². The molecule has 0 unspecified atom stereocenters. The van der Waals surface area contributed by atoms with Gasteiger partial charge in [0.05, 0.1) is 13.2 Å². The Labute approximate surface area is 189 Å². The third kappa shape index (κ3) is 5.83. The number of nitrogens with one attached hydrogen (secondary N) is 2. The topological polar surface area (TPSA) is 68.6 Å². The zero-order chi connectivity index (χ0) is 20.2. The molecule has 1 aromatic heterocycles. The van der Waals surface area contributed by atoms with Crippen LogP contribution < -0.4 is 20.1 Å². The van der Waals surface area contributed by atoms with Crippen LogP contribution in [0.5, 0.6) is 11.5 Å². The molecule has 31 heavy (non-hydrogen) atoms. The second kappa shape index (κ2) is 10.2. The number of ether oxygens (including phenoxy) is 2. The van der Waals surface area contributed by atoms with Crippen LogP contribution in [0.2, 0.25) is 0 Å². The van der Waals surface area contributed by atoms with E-state index >= 15 is 0 Å². The van der Waals surface area contributed by atoms with Crippen molar-refractivity contribution in [3.8, 4) is 11.5 Å². The molecule has 6 nitrogen and oxygen atoms in total. The van der Waals surface area contributed by atoms with Crippen LogP contribution in [-0.2, 0) is 0 Å². The quantitative estimate of drug-likeness (QED) is 0.430. The van der Waals surface area contributed by atoms with Crippen LogP contribution in [0.3, 0.4) is 0 Å². The standard InChI is InChI=1S/C24H29N3O3.ClH/c1-3-19(18-5-6-18)13-20(4-1)28-11-2-12-29-21-7-8-22-23(14-21)30-24(27-22)26-16-17-9-10-25-15-17;/h1,3-4,7-8,13-14,17-18,25H,2,5-6,9-12,15-16H2,(H,26,27);1H/t17-;/m0./s1. The maximum atomic E-state index is 5.88. The van der Waals surface area contributed by atoms with Crippen LogP contribution in [0, 0.1) is 5.92 Å². The van der Waals surface area contributed by atoms with Crippen molar-refractivity contribution in [2.45, 2.75) is 31.6 Å². The predicted molar refractivity (Wildman–Crippen MR) is 125 cm³/mol. The average molecular weight is 444 g/mol. The van der Waals surface area contributed by atoms with Crippen molar-refractivity contribution >= 4 is 29.5 Å². The Morgan fingerprint density at radius 2 is 1.87 bits per heavy atom. The first-order chi connectivity index (χ1) is 14.8. The number of hydrogen-bond donors (Lipinski definition) is 2. The molecular weight excluding hydrogens is 414 g/mol. The van der Waals surface area contributed by atoms with E-state index in [0.717, 1.165) is 54.6 Å². The average Bonchev–Trinajstić information content (AvgIpc) is 3.33. The number of benzene rings is 2. The minimum atomic E-state index is 0. The monoisotopic (exact) mass is 443 g/mol. The molecule has 0 bridgehead atoms. The largest absolute Gasteiger partial charge is 0.493 e. The van der Waals surface area contributed by atoms with Crippen LogP contribution in [0.1, 0.15) is 37.2 Å². The number of fused-ring (bicyclic) bond motifs is 1. The molecule has 1 aliphatic heterocycles. The minimum absolute atomic E-state index is 0. The molecule has 0 radical (unpaired) electrons. The van der Waals surface area contributed by atoms with E-state index in [0.29, 0.717) is 25.1 Å². The molecule has 2 aromatic carbocycles. The molecule has 2 fully saturated rings. The normalized spacial score (nSPS) is 18.0. The van der Waals surface area contributed by atoms with Gasteiger partial charge >= 0.3 is 0 Å². The molecule has 3 aromatic rings. The summed E-state index contributed by atoms with van der Waals surface area (Å²) >= 11 is 0. The number of hydrogen-bond acceptors (Lipinski definition) is 6. The SMILES string of the molecule is Cl.c1cc(OCCCOc2ccc3nc(NC[C@H]4CCNC4)oc3c2)cc(C2CC2)c1. The number of halogens is 1. The molecular formula is C24H30ClN3O3. The molecule has 7 heteroatoms. The molecule has 1 aliphatic carbocycles. The van der Waals surface area contributed by atoms with Crippen molar-refractivity contribution in [2.75, 3.05) is 38.2 Å². The predicted octanol–water partition coefficient (Wildman–Crippen LogP) is 5.00.